The Labute approximate surface area is 100 Å². The Morgan fingerprint density at radius 3 is 2.62 bits per heavy atom. The largest absolute Gasteiger partial charge is 0.323 e. The molecule has 0 radical (unpaired) electrons. The zero-order valence-electron chi connectivity index (χ0n) is 10.5. The molecule has 5 heteroatoms. The molecule has 1 amide bonds. The summed E-state index contributed by atoms with van der Waals surface area (Å²) in [6.07, 6.45) is 3.43. The van der Waals surface area contributed by atoms with E-state index in [1.807, 2.05) is 25.7 Å². The maximum Gasteiger partial charge on any atom is 0.241 e. The number of carbonyl (C=O) groups excluding carboxylic acids is 1. The van der Waals surface area contributed by atoms with Crippen molar-refractivity contribution in [2.45, 2.75) is 51.9 Å². The van der Waals surface area contributed by atoms with Crippen LogP contribution in [-0.2, 0) is 15.6 Å². The van der Waals surface area contributed by atoms with Crippen LogP contribution in [0.2, 0.25) is 0 Å². The first kappa shape index (κ1) is 13.6. The Bertz CT molecular complexity index is 283. The van der Waals surface area contributed by atoms with Crippen molar-refractivity contribution < 1.29 is 9.00 Å². The van der Waals surface area contributed by atoms with Crippen LogP contribution < -0.4 is 5.32 Å². The lowest BCUT2D eigenvalue weighted by Crippen LogP contribution is -2.42. The fourth-order valence-corrected chi connectivity index (χ4v) is 2.85. The standard InChI is InChI=1S/C11H22N2O2S/c1-5-10-11(14)13(9(3)12-10)8(2)6-7-16(4)15/h8-10,12H,5-7H2,1-4H3. The second-order valence-electron chi connectivity index (χ2n) is 4.46. The summed E-state index contributed by atoms with van der Waals surface area (Å²) in [5.74, 6) is 0.846. The predicted octanol–water partition coefficient (Wildman–Crippen LogP) is 0.700. The number of hydrogen-bond donors (Lipinski definition) is 1. The molecule has 0 saturated carbocycles. The minimum Gasteiger partial charge on any atom is -0.323 e. The van der Waals surface area contributed by atoms with E-state index in [0.717, 1.165) is 12.8 Å². The molecule has 0 aromatic heterocycles. The van der Waals surface area contributed by atoms with Gasteiger partial charge in [0, 0.05) is 28.9 Å². The molecule has 1 saturated heterocycles. The van der Waals surface area contributed by atoms with Crippen LogP contribution in [0.5, 0.6) is 0 Å². The normalized spacial score (nSPS) is 29.5. The Balaban J connectivity index is 2.58. The summed E-state index contributed by atoms with van der Waals surface area (Å²) in [4.78, 5) is 13.9. The molecule has 0 bridgehead atoms. The lowest BCUT2D eigenvalue weighted by molar-refractivity contribution is -0.131. The van der Waals surface area contributed by atoms with Crippen LogP contribution in [0, 0.1) is 0 Å². The highest BCUT2D eigenvalue weighted by Crippen LogP contribution is 2.18. The van der Waals surface area contributed by atoms with E-state index in [9.17, 15) is 9.00 Å². The first-order chi connectivity index (χ1) is 7.47. The molecule has 0 aliphatic carbocycles. The third kappa shape index (κ3) is 3.04. The van der Waals surface area contributed by atoms with Crippen molar-refractivity contribution >= 4 is 16.7 Å². The summed E-state index contributed by atoms with van der Waals surface area (Å²) in [7, 11) is -0.778. The molecule has 1 heterocycles. The minimum absolute atomic E-state index is 0.0374. The lowest BCUT2D eigenvalue weighted by atomic mass is 10.2. The molecule has 0 aromatic rings. The van der Waals surface area contributed by atoms with E-state index in [2.05, 4.69) is 5.32 Å². The molecule has 1 rings (SSSR count). The zero-order chi connectivity index (χ0) is 12.3. The van der Waals surface area contributed by atoms with Gasteiger partial charge in [-0.2, -0.15) is 0 Å². The van der Waals surface area contributed by atoms with Crippen LogP contribution >= 0.6 is 0 Å². The Morgan fingerprint density at radius 1 is 1.56 bits per heavy atom. The Morgan fingerprint density at radius 2 is 2.19 bits per heavy atom. The topological polar surface area (TPSA) is 49.4 Å². The molecule has 1 N–H and O–H groups in total. The van der Waals surface area contributed by atoms with Crippen molar-refractivity contribution in [3.8, 4) is 0 Å². The summed E-state index contributed by atoms with van der Waals surface area (Å²) in [5, 5.41) is 3.27. The molecule has 94 valence electrons. The van der Waals surface area contributed by atoms with Gasteiger partial charge < -0.3 is 4.90 Å². The van der Waals surface area contributed by atoms with Gasteiger partial charge in [-0.3, -0.25) is 14.3 Å². The van der Waals surface area contributed by atoms with Crippen LogP contribution in [0.1, 0.15) is 33.6 Å². The van der Waals surface area contributed by atoms with Gasteiger partial charge in [0.25, 0.3) is 0 Å². The van der Waals surface area contributed by atoms with E-state index in [-0.39, 0.29) is 24.2 Å². The molecular weight excluding hydrogens is 224 g/mol. The summed E-state index contributed by atoms with van der Waals surface area (Å²) in [6, 6.07) is 0.125. The number of carbonyl (C=O) groups is 1. The highest BCUT2D eigenvalue weighted by atomic mass is 32.2. The van der Waals surface area contributed by atoms with Crippen molar-refractivity contribution in [1.29, 1.82) is 0 Å². The Kier molecular flexibility index (Phi) is 4.92. The van der Waals surface area contributed by atoms with Gasteiger partial charge in [0.05, 0.1) is 12.2 Å². The molecule has 0 spiro atoms. The molecule has 4 atom stereocenters. The molecule has 1 aliphatic heterocycles. The van der Waals surface area contributed by atoms with Gasteiger partial charge >= 0.3 is 0 Å². The molecule has 4 nitrogen and oxygen atoms in total. The molecule has 4 unspecified atom stereocenters. The van der Waals surface area contributed by atoms with Gasteiger partial charge in [-0.1, -0.05) is 6.92 Å². The van der Waals surface area contributed by atoms with E-state index in [0.29, 0.717) is 5.75 Å². The highest BCUT2D eigenvalue weighted by Gasteiger charge is 2.37. The SMILES string of the molecule is CCC1NC(C)N(C(C)CCS(C)=O)C1=O. The van der Waals surface area contributed by atoms with Gasteiger partial charge in [0.15, 0.2) is 0 Å². The van der Waals surface area contributed by atoms with E-state index < -0.39 is 10.8 Å². The van der Waals surface area contributed by atoms with E-state index in [4.69, 9.17) is 0 Å². The Hall–Kier alpha value is -0.420. The quantitative estimate of drug-likeness (QED) is 0.777. The van der Waals surface area contributed by atoms with Crippen LogP contribution in [-0.4, -0.2) is 45.3 Å². The maximum absolute atomic E-state index is 12.0. The van der Waals surface area contributed by atoms with Crippen molar-refractivity contribution in [2.75, 3.05) is 12.0 Å². The van der Waals surface area contributed by atoms with Crippen molar-refractivity contribution in [1.82, 2.24) is 10.2 Å². The van der Waals surface area contributed by atoms with Gasteiger partial charge in [0.1, 0.15) is 0 Å². The lowest BCUT2D eigenvalue weighted by Gasteiger charge is -2.28. The van der Waals surface area contributed by atoms with Crippen molar-refractivity contribution in [2.24, 2.45) is 0 Å². The second kappa shape index (κ2) is 5.77. The fourth-order valence-electron chi connectivity index (χ4n) is 2.18. The molecule has 16 heavy (non-hydrogen) atoms. The number of nitrogens with zero attached hydrogens (tertiary/aromatic N) is 1. The van der Waals surface area contributed by atoms with Crippen molar-refractivity contribution in [3.05, 3.63) is 0 Å². The number of amides is 1. The van der Waals surface area contributed by atoms with E-state index in [1.165, 1.54) is 0 Å². The van der Waals surface area contributed by atoms with Crippen LogP contribution in [0.25, 0.3) is 0 Å². The number of hydrogen-bond acceptors (Lipinski definition) is 3. The first-order valence-corrected chi connectivity index (χ1v) is 7.58. The summed E-state index contributed by atoms with van der Waals surface area (Å²) >= 11 is 0. The first-order valence-electron chi connectivity index (χ1n) is 5.85. The van der Waals surface area contributed by atoms with Crippen LogP contribution in [0.15, 0.2) is 0 Å². The molecule has 0 aromatic carbocycles. The smallest absolute Gasteiger partial charge is 0.241 e. The molecule has 1 fully saturated rings. The van der Waals surface area contributed by atoms with Gasteiger partial charge in [-0.25, -0.2) is 0 Å². The van der Waals surface area contributed by atoms with E-state index in [1.54, 1.807) is 6.26 Å². The summed E-state index contributed by atoms with van der Waals surface area (Å²) in [6.45, 7) is 6.05. The fraction of sp³-hybridized carbons (Fsp3) is 0.909. The van der Waals surface area contributed by atoms with Crippen molar-refractivity contribution in [3.63, 3.8) is 0 Å². The summed E-state index contributed by atoms with van der Waals surface area (Å²) in [5.41, 5.74) is 0. The van der Waals surface area contributed by atoms with Gasteiger partial charge in [-0.15, -0.1) is 0 Å². The maximum atomic E-state index is 12.0. The number of nitrogens with one attached hydrogen (secondary N) is 1. The zero-order valence-corrected chi connectivity index (χ0v) is 11.3. The third-order valence-electron chi connectivity index (χ3n) is 3.12. The van der Waals surface area contributed by atoms with E-state index >= 15 is 0 Å². The average molecular weight is 246 g/mol. The third-order valence-corrected chi connectivity index (χ3v) is 3.93. The number of rotatable bonds is 5. The monoisotopic (exact) mass is 246 g/mol. The molecular formula is C11H22N2O2S. The van der Waals surface area contributed by atoms with Crippen LogP contribution in [0.4, 0.5) is 0 Å². The van der Waals surface area contributed by atoms with Gasteiger partial charge in [0.2, 0.25) is 5.91 Å². The second-order valence-corrected chi connectivity index (χ2v) is 6.02. The highest BCUT2D eigenvalue weighted by molar-refractivity contribution is 7.84. The van der Waals surface area contributed by atoms with Gasteiger partial charge in [-0.05, 0) is 26.7 Å². The molecule has 1 aliphatic rings. The predicted molar refractivity (Wildman–Crippen MR) is 66.5 cm³/mol. The summed E-state index contributed by atoms with van der Waals surface area (Å²) < 4.78 is 11.0. The van der Waals surface area contributed by atoms with Crippen LogP contribution in [0.3, 0.4) is 0 Å². The average Bonchev–Trinajstić information content (AvgIpc) is 2.50. The minimum atomic E-state index is -0.778.